The topological polar surface area (TPSA) is 181 Å². The number of piperidine rings is 1. The number of oxime groups is 1. The van der Waals surface area contributed by atoms with E-state index in [0.717, 1.165) is 22.5 Å². The number of likely N-dealkylation sites (tertiary alicyclic amines) is 1. The van der Waals surface area contributed by atoms with Crippen molar-refractivity contribution in [2.75, 3.05) is 32.0 Å². The lowest BCUT2D eigenvalue weighted by Crippen LogP contribution is -2.48. The van der Waals surface area contributed by atoms with Crippen molar-refractivity contribution in [3.05, 3.63) is 40.4 Å². The molecule has 2 amide bonds. The molecule has 2 aromatic rings. The number of carboxylic acids is 1. The highest BCUT2D eigenvalue weighted by molar-refractivity contribution is 7.13. The standard InChI is InChI=1S/C28H34F3N7O7S/c1-27(2,3)45-26(42)37-8-6-18(7-9-37)33-25(35-23(41)28(29,30)31)38-13-16-4-5-19(12-17(16)14-38)43-10-11-44-36-21(22(39)40)20-15-46-24(32)34-20/h4-5,12,15,18H,6-11,13-14H2,1-3H3,(H2,32,34)(H,39,40)(H,33,35,41)/b36-21-. The van der Waals surface area contributed by atoms with E-state index in [1.807, 2.05) is 5.32 Å². The number of carbonyl (C=O) groups excluding carboxylic acids is 2. The lowest BCUT2D eigenvalue weighted by atomic mass is 10.1. The van der Waals surface area contributed by atoms with Crippen LogP contribution in [0.3, 0.4) is 0 Å². The Morgan fingerprint density at radius 1 is 1.11 bits per heavy atom. The van der Waals surface area contributed by atoms with E-state index < -0.39 is 41.5 Å². The number of carbonyl (C=O) groups is 3. The van der Waals surface area contributed by atoms with Crippen LogP contribution < -0.4 is 15.8 Å². The van der Waals surface area contributed by atoms with Gasteiger partial charge in [-0.25, -0.2) is 19.6 Å². The fourth-order valence-corrected chi connectivity index (χ4v) is 5.10. The molecule has 0 spiro atoms. The summed E-state index contributed by atoms with van der Waals surface area (Å²) in [5, 5.41) is 16.5. The van der Waals surface area contributed by atoms with E-state index >= 15 is 0 Å². The molecule has 0 atom stereocenters. The van der Waals surface area contributed by atoms with Crippen LogP contribution in [-0.4, -0.2) is 93.7 Å². The number of benzene rings is 1. The molecular formula is C28H34F3N7O7S. The molecule has 1 aromatic heterocycles. The summed E-state index contributed by atoms with van der Waals surface area (Å²) < 4.78 is 50.7. The van der Waals surface area contributed by atoms with E-state index in [4.69, 9.17) is 20.0 Å². The smallest absolute Gasteiger partial charge is 0.471 e. The van der Waals surface area contributed by atoms with Crippen molar-refractivity contribution >= 4 is 46.1 Å². The zero-order valence-electron chi connectivity index (χ0n) is 25.3. The van der Waals surface area contributed by atoms with Crippen LogP contribution in [0.1, 0.15) is 50.4 Å². The molecule has 1 saturated heterocycles. The fourth-order valence-electron chi connectivity index (χ4n) is 4.55. The summed E-state index contributed by atoms with van der Waals surface area (Å²) in [5.41, 5.74) is 6.09. The molecule has 46 heavy (non-hydrogen) atoms. The SMILES string of the molecule is CC(C)(C)OC(=O)N1CCC(N=C(NC(=O)C(F)(F)F)N2Cc3ccc(OCCO/N=C(\C(=O)O)c4csc(N)n4)cc3C2)CC1. The highest BCUT2D eigenvalue weighted by Gasteiger charge is 2.40. The minimum absolute atomic E-state index is 0.00838. The Kier molecular flexibility index (Phi) is 10.6. The second-order valence-corrected chi connectivity index (χ2v) is 12.3. The predicted molar refractivity (Wildman–Crippen MR) is 160 cm³/mol. The number of guanidine groups is 1. The van der Waals surface area contributed by atoms with Crippen molar-refractivity contribution in [3.63, 3.8) is 0 Å². The minimum atomic E-state index is -5.11. The van der Waals surface area contributed by atoms with Crippen molar-refractivity contribution in [3.8, 4) is 5.75 Å². The van der Waals surface area contributed by atoms with Gasteiger partial charge in [-0.2, -0.15) is 13.2 Å². The van der Waals surface area contributed by atoms with Crippen molar-refractivity contribution < 1.29 is 47.0 Å². The van der Waals surface area contributed by atoms with Gasteiger partial charge in [-0.1, -0.05) is 11.2 Å². The van der Waals surface area contributed by atoms with Crippen LogP contribution in [-0.2, 0) is 32.3 Å². The largest absolute Gasteiger partial charge is 0.490 e. The van der Waals surface area contributed by atoms with Crippen LogP contribution in [0.4, 0.5) is 23.1 Å². The number of alkyl halides is 3. The third kappa shape index (κ3) is 9.45. The number of aromatic nitrogens is 1. The number of nitrogen functional groups attached to an aromatic ring is 1. The first kappa shape index (κ1) is 34.3. The Morgan fingerprint density at radius 3 is 2.41 bits per heavy atom. The number of nitrogens with one attached hydrogen (secondary N) is 1. The van der Waals surface area contributed by atoms with Gasteiger partial charge in [0.15, 0.2) is 11.7 Å². The maximum absolute atomic E-state index is 13.2. The number of ether oxygens (including phenoxy) is 2. The number of halogens is 3. The monoisotopic (exact) mass is 669 g/mol. The van der Waals surface area contributed by atoms with Gasteiger partial charge in [0.1, 0.15) is 23.7 Å². The summed E-state index contributed by atoms with van der Waals surface area (Å²) in [7, 11) is 0. The summed E-state index contributed by atoms with van der Waals surface area (Å²) >= 11 is 1.06. The van der Waals surface area contributed by atoms with Gasteiger partial charge in [-0.3, -0.25) is 10.1 Å². The number of hydrogen-bond acceptors (Lipinski definition) is 11. The molecule has 0 bridgehead atoms. The molecule has 3 heterocycles. The highest BCUT2D eigenvalue weighted by atomic mass is 32.1. The van der Waals surface area contributed by atoms with Gasteiger partial charge in [0.05, 0.1) is 6.04 Å². The molecule has 0 unspecified atom stereocenters. The second-order valence-electron chi connectivity index (χ2n) is 11.4. The van der Waals surface area contributed by atoms with Gasteiger partial charge < -0.3 is 35.0 Å². The lowest BCUT2D eigenvalue weighted by molar-refractivity contribution is -0.172. The van der Waals surface area contributed by atoms with E-state index in [-0.39, 0.29) is 43.1 Å². The molecule has 1 aromatic carbocycles. The Balaban J connectivity index is 1.37. The Morgan fingerprint density at radius 2 is 1.80 bits per heavy atom. The lowest BCUT2D eigenvalue weighted by Gasteiger charge is -2.33. The van der Waals surface area contributed by atoms with E-state index in [1.165, 1.54) is 15.2 Å². The number of amides is 2. The first-order valence-corrected chi connectivity index (χ1v) is 15.0. The zero-order chi connectivity index (χ0) is 33.6. The molecule has 250 valence electrons. The Hall–Kier alpha value is -4.61. The summed E-state index contributed by atoms with van der Waals surface area (Å²) in [6, 6.07) is 4.70. The fraction of sp³-hybridized carbons (Fsp3) is 0.500. The zero-order valence-corrected chi connectivity index (χ0v) is 26.1. The molecule has 0 radical (unpaired) electrons. The predicted octanol–water partition coefficient (Wildman–Crippen LogP) is 3.36. The number of anilines is 1. The average Bonchev–Trinajstić information content (AvgIpc) is 3.59. The molecule has 2 aliphatic rings. The first-order chi connectivity index (χ1) is 21.6. The van der Waals surface area contributed by atoms with Gasteiger partial charge in [0, 0.05) is 31.6 Å². The molecule has 4 N–H and O–H groups in total. The van der Waals surface area contributed by atoms with Crippen LogP contribution in [0.15, 0.2) is 33.7 Å². The van der Waals surface area contributed by atoms with Crippen LogP contribution in [0.2, 0.25) is 0 Å². The van der Waals surface area contributed by atoms with Crippen LogP contribution in [0.5, 0.6) is 5.75 Å². The normalized spacial score (nSPS) is 16.2. The molecule has 4 rings (SSSR count). The molecule has 1 fully saturated rings. The quantitative estimate of drug-likeness (QED) is 0.163. The number of carboxylic acid groups (broad SMARTS) is 1. The van der Waals surface area contributed by atoms with Gasteiger partial charge >= 0.3 is 24.1 Å². The van der Waals surface area contributed by atoms with Gasteiger partial charge in [-0.05, 0) is 56.9 Å². The molecule has 14 nitrogen and oxygen atoms in total. The Labute approximate surface area is 266 Å². The Bertz CT molecular complexity index is 1500. The van der Waals surface area contributed by atoms with Crippen molar-refractivity contribution in [2.24, 2.45) is 10.1 Å². The van der Waals surface area contributed by atoms with Gasteiger partial charge in [0.25, 0.3) is 0 Å². The minimum Gasteiger partial charge on any atom is -0.490 e. The number of aliphatic carboxylic acids is 1. The molecule has 0 aliphatic carbocycles. The molecule has 18 heteroatoms. The average molecular weight is 670 g/mol. The molecule has 2 aliphatic heterocycles. The molecule has 0 saturated carbocycles. The summed E-state index contributed by atoms with van der Waals surface area (Å²) in [6.45, 7) is 6.14. The van der Waals surface area contributed by atoms with Crippen molar-refractivity contribution in [1.82, 2.24) is 20.1 Å². The van der Waals surface area contributed by atoms with Crippen LogP contribution in [0.25, 0.3) is 0 Å². The maximum Gasteiger partial charge on any atom is 0.471 e. The second kappa shape index (κ2) is 14.2. The van der Waals surface area contributed by atoms with E-state index in [9.17, 15) is 32.7 Å². The summed E-state index contributed by atoms with van der Waals surface area (Å²) in [6.07, 6.45) is -4.83. The molecular weight excluding hydrogens is 635 g/mol. The van der Waals surface area contributed by atoms with Crippen molar-refractivity contribution in [1.29, 1.82) is 0 Å². The van der Waals surface area contributed by atoms with E-state index in [2.05, 4.69) is 15.1 Å². The van der Waals surface area contributed by atoms with E-state index in [0.29, 0.717) is 31.7 Å². The number of rotatable bonds is 8. The first-order valence-electron chi connectivity index (χ1n) is 14.2. The number of fused-ring (bicyclic) bond motifs is 1. The number of thiazole rings is 1. The number of aliphatic imine (C=N–C) groups is 1. The van der Waals surface area contributed by atoms with Crippen LogP contribution in [0, 0.1) is 0 Å². The summed E-state index contributed by atoms with van der Waals surface area (Å²) in [5.74, 6) is -3.25. The number of hydrogen-bond donors (Lipinski definition) is 3. The number of nitrogens with two attached hydrogens (primary N) is 1. The number of nitrogens with zero attached hydrogens (tertiary/aromatic N) is 5. The maximum atomic E-state index is 13.2. The van der Waals surface area contributed by atoms with Crippen LogP contribution >= 0.6 is 11.3 Å². The third-order valence-electron chi connectivity index (χ3n) is 6.67. The van der Waals surface area contributed by atoms with Crippen molar-refractivity contribution in [2.45, 2.75) is 64.5 Å². The van der Waals surface area contributed by atoms with Gasteiger partial charge in [0.2, 0.25) is 11.7 Å². The third-order valence-corrected chi connectivity index (χ3v) is 7.34. The highest BCUT2D eigenvalue weighted by Crippen LogP contribution is 2.28. The van der Waals surface area contributed by atoms with Gasteiger partial charge in [-0.15, -0.1) is 11.3 Å². The summed E-state index contributed by atoms with van der Waals surface area (Å²) in [4.78, 5) is 52.3. The van der Waals surface area contributed by atoms with E-state index in [1.54, 1.807) is 39.0 Å².